The molecule has 1 saturated heterocycles. The summed E-state index contributed by atoms with van der Waals surface area (Å²) in [6.07, 6.45) is 4.66. The van der Waals surface area contributed by atoms with Gasteiger partial charge in [-0.3, -0.25) is 9.59 Å². The zero-order valence-corrected chi connectivity index (χ0v) is 19.5. The number of methoxy groups -OCH3 is 1. The van der Waals surface area contributed by atoms with E-state index in [-0.39, 0.29) is 11.3 Å². The molecule has 2 heterocycles. The second-order valence-electron chi connectivity index (χ2n) is 8.42. The number of carbonyl (C=O) groups excluding carboxylic acids is 2. The van der Waals surface area contributed by atoms with Crippen LogP contribution in [0.5, 0.6) is 5.75 Å². The summed E-state index contributed by atoms with van der Waals surface area (Å²) in [5.74, 6) is 0.233. The van der Waals surface area contributed by atoms with Gasteiger partial charge in [-0.15, -0.1) is 11.3 Å². The van der Waals surface area contributed by atoms with Crippen molar-refractivity contribution in [3.8, 4) is 5.75 Å². The van der Waals surface area contributed by atoms with Gasteiger partial charge in [-0.2, -0.15) is 4.99 Å². The van der Waals surface area contributed by atoms with Crippen LogP contribution in [0.4, 0.5) is 0 Å². The summed E-state index contributed by atoms with van der Waals surface area (Å²) in [5, 5.41) is 0.451. The van der Waals surface area contributed by atoms with E-state index in [0.717, 1.165) is 24.3 Å². The minimum Gasteiger partial charge on any atom is -0.496 e. The van der Waals surface area contributed by atoms with Gasteiger partial charge in [0.05, 0.1) is 12.7 Å². The molecule has 0 atom stereocenters. The van der Waals surface area contributed by atoms with Crippen molar-refractivity contribution < 1.29 is 14.3 Å². The molecule has 1 aromatic heterocycles. The number of rotatable bonds is 5. The van der Waals surface area contributed by atoms with Crippen LogP contribution >= 0.6 is 22.9 Å². The van der Waals surface area contributed by atoms with E-state index in [4.69, 9.17) is 16.3 Å². The summed E-state index contributed by atoms with van der Waals surface area (Å²) < 4.78 is 7.27. The van der Waals surface area contributed by atoms with Crippen LogP contribution in [0.25, 0.3) is 0 Å². The van der Waals surface area contributed by atoms with E-state index in [1.54, 1.807) is 18.2 Å². The summed E-state index contributed by atoms with van der Waals surface area (Å²) in [6.45, 7) is 8.38. The van der Waals surface area contributed by atoms with Crippen molar-refractivity contribution >= 4 is 34.8 Å². The van der Waals surface area contributed by atoms with Gasteiger partial charge in [-0.25, -0.2) is 0 Å². The van der Waals surface area contributed by atoms with E-state index in [0.29, 0.717) is 40.6 Å². The lowest BCUT2D eigenvalue weighted by Crippen LogP contribution is -2.38. The normalized spacial score (nSPS) is 15.6. The van der Waals surface area contributed by atoms with Gasteiger partial charge < -0.3 is 14.2 Å². The zero-order valence-electron chi connectivity index (χ0n) is 17.9. The Morgan fingerprint density at radius 1 is 1.27 bits per heavy atom. The molecule has 3 rings (SSSR count). The molecule has 1 aromatic carbocycles. The minimum absolute atomic E-state index is 0.0715. The molecule has 8 heteroatoms. The van der Waals surface area contributed by atoms with Crippen molar-refractivity contribution in [3.63, 3.8) is 0 Å². The second-order valence-corrected chi connectivity index (χ2v) is 9.87. The maximum Gasteiger partial charge on any atom is 0.283 e. The van der Waals surface area contributed by atoms with Crippen molar-refractivity contribution in [1.29, 1.82) is 0 Å². The molecule has 1 fully saturated rings. The molecular weight excluding hydrogens is 422 g/mol. The molecule has 30 heavy (non-hydrogen) atoms. The fourth-order valence-electron chi connectivity index (χ4n) is 3.30. The van der Waals surface area contributed by atoms with Crippen LogP contribution in [0, 0.1) is 0 Å². The highest BCUT2D eigenvalue weighted by Crippen LogP contribution is 2.26. The quantitative estimate of drug-likeness (QED) is 0.684. The third kappa shape index (κ3) is 5.32. The first-order valence-corrected chi connectivity index (χ1v) is 11.3. The SMILES string of the molecule is COc1ccc(Cl)cc1C(=O)N=c1sc(C(C)(C)C)cn1CCN1CCCCC1=O. The largest absolute Gasteiger partial charge is 0.496 e. The number of piperidine rings is 1. The summed E-state index contributed by atoms with van der Waals surface area (Å²) in [7, 11) is 1.51. The molecule has 0 saturated carbocycles. The lowest BCUT2D eigenvalue weighted by atomic mass is 9.95. The number of likely N-dealkylation sites (tertiary alicyclic amines) is 1. The molecule has 0 spiro atoms. The van der Waals surface area contributed by atoms with Crippen molar-refractivity contribution in [2.75, 3.05) is 20.2 Å². The zero-order chi connectivity index (χ0) is 21.9. The topological polar surface area (TPSA) is 63.9 Å². The number of nitrogens with zero attached hydrogens (tertiary/aromatic N) is 3. The van der Waals surface area contributed by atoms with E-state index < -0.39 is 5.91 Å². The van der Waals surface area contributed by atoms with Crippen LogP contribution in [0.15, 0.2) is 29.4 Å². The smallest absolute Gasteiger partial charge is 0.283 e. The summed E-state index contributed by atoms with van der Waals surface area (Å²) in [6, 6.07) is 4.91. The number of benzene rings is 1. The highest BCUT2D eigenvalue weighted by molar-refractivity contribution is 7.09. The van der Waals surface area contributed by atoms with E-state index in [2.05, 4.69) is 25.8 Å². The Morgan fingerprint density at radius 2 is 2.03 bits per heavy atom. The van der Waals surface area contributed by atoms with Gasteiger partial charge in [-0.05, 0) is 36.5 Å². The molecule has 0 bridgehead atoms. The number of hydrogen-bond donors (Lipinski definition) is 0. The standard InChI is InChI=1S/C22H28ClN3O3S/c1-22(2,3)18-14-26(12-11-25-10-6-5-7-19(25)27)21(30-18)24-20(28)16-13-15(23)8-9-17(16)29-4/h8-9,13-14H,5-7,10-12H2,1-4H3. The average molecular weight is 450 g/mol. The lowest BCUT2D eigenvalue weighted by molar-refractivity contribution is -0.133. The molecule has 2 amide bonds. The van der Waals surface area contributed by atoms with Crippen molar-refractivity contribution in [2.24, 2.45) is 4.99 Å². The van der Waals surface area contributed by atoms with Crippen molar-refractivity contribution in [1.82, 2.24) is 9.47 Å². The first-order valence-electron chi connectivity index (χ1n) is 10.1. The van der Waals surface area contributed by atoms with Crippen LogP contribution in [0.1, 0.15) is 55.3 Å². The lowest BCUT2D eigenvalue weighted by Gasteiger charge is -2.26. The fourth-order valence-corrected chi connectivity index (χ4v) is 4.54. The van der Waals surface area contributed by atoms with Gasteiger partial charge in [0.1, 0.15) is 5.75 Å². The van der Waals surface area contributed by atoms with Gasteiger partial charge in [0.2, 0.25) is 5.91 Å². The van der Waals surface area contributed by atoms with Gasteiger partial charge in [0, 0.05) is 42.2 Å². The number of aromatic nitrogens is 1. The van der Waals surface area contributed by atoms with Gasteiger partial charge >= 0.3 is 0 Å². The number of halogens is 1. The molecular formula is C22H28ClN3O3S. The number of carbonyl (C=O) groups is 2. The van der Waals surface area contributed by atoms with E-state index in [1.165, 1.54) is 18.4 Å². The predicted octanol–water partition coefficient (Wildman–Crippen LogP) is 4.26. The van der Waals surface area contributed by atoms with Crippen LogP contribution < -0.4 is 9.54 Å². The molecule has 162 valence electrons. The monoisotopic (exact) mass is 449 g/mol. The van der Waals surface area contributed by atoms with Crippen molar-refractivity contribution in [3.05, 3.63) is 44.7 Å². The maximum atomic E-state index is 12.9. The molecule has 1 aliphatic heterocycles. The third-order valence-corrected chi connectivity index (χ3v) is 6.76. The molecule has 6 nitrogen and oxygen atoms in total. The Labute approximate surface area is 186 Å². The van der Waals surface area contributed by atoms with Crippen molar-refractivity contribution in [2.45, 2.75) is 52.0 Å². The number of hydrogen-bond acceptors (Lipinski definition) is 4. The molecule has 2 aromatic rings. The minimum atomic E-state index is -0.403. The molecule has 0 aliphatic carbocycles. The predicted molar refractivity (Wildman–Crippen MR) is 119 cm³/mol. The first-order chi connectivity index (χ1) is 14.2. The van der Waals surface area contributed by atoms with Gasteiger partial charge in [-0.1, -0.05) is 32.4 Å². The third-order valence-electron chi connectivity index (χ3n) is 5.08. The number of thiazole rings is 1. The highest BCUT2D eigenvalue weighted by atomic mass is 35.5. The average Bonchev–Trinajstić information content (AvgIpc) is 3.10. The highest BCUT2D eigenvalue weighted by Gasteiger charge is 2.21. The second kappa shape index (κ2) is 9.35. The van der Waals surface area contributed by atoms with Crippen LogP contribution in [-0.4, -0.2) is 41.5 Å². The Balaban J connectivity index is 1.94. The van der Waals surface area contributed by atoms with Gasteiger partial charge in [0.25, 0.3) is 5.91 Å². The van der Waals surface area contributed by atoms with E-state index in [1.807, 2.05) is 15.7 Å². The Kier molecular flexibility index (Phi) is 7.03. The number of amides is 2. The van der Waals surface area contributed by atoms with Gasteiger partial charge in [0.15, 0.2) is 4.80 Å². The molecule has 0 radical (unpaired) electrons. The molecule has 1 aliphatic rings. The molecule has 0 N–H and O–H groups in total. The fraction of sp³-hybridized carbons (Fsp3) is 0.500. The van der Waals surface area contributed by atoms with Crippen LogP contribution in [0.2, 0.25) is 5.02 Å². The van der Waals surface area contributed by atoms with E-state index in [9.17, 15) is 9.59 Å². The van der Waals surface area contributed by atoms with Crippen LogP contribution in [0.3, 0.4) is 0 Å². The van der Waals surface area contributed by atoms with E-state index >= 15 is 0 Å². The maximum absolute atomic E-state index is 12.9. The number of ether oxygens (including phenoxy) is 1. The molecule has 0 unspecified atom stereocenters. The summed E-state index contributed by atoms with van der Waals surface area (Å²) in [4.78, 5) is 33.1. The first kappa shape index (κ1) is 22.6. The summed E-state index contributed by atoms with van der Waals surface area (Å²) >= 11 is 7.57. The van der Waals surface area contributed by atoms with Crippen LogP contribution in [-0.2, 0) is 16.8 Å². The Morgan fingerprint density at radius 3 is 2.70 bits per heavy atom. The Hall–Kier alpha value is -2.12. The Bertz CT molecular complexity index is 1000. The summed E-state index contributed by atoms with van der Waals surface area (Å²) in [5.41, 5.74) is 0.256.